The second kappa shape index (κ2) is 9.84. The van der Waals surface area contributed by atoms with Crippen LogP contribution in [0.15, 0.2) is 24.3 Å². The summed E-state index contributed by atoms with van der Waals surface area (Å²) in [6, 6.07) is 5.87. The number of rotatable bonds is 9. The van der Waals surface area contributed by atoms with Crippen LogP contribution in [0.2, 0.25) is 5.02 Å². The highest BCUT2D eigenvalue weighted by Gasteiger charge is 2.19. The third kappa shape index (κ3) is 7.65. The van der Waals surface area contributed by atoms with Crippen LogP contribution in [0, 0.1) is 0 Å². The maximum Gasteiger partial charge on any atom is 0.312 e. The lowest BCUT2D eigenvalue weighted by atomic mass is 10.1. The second-order valence-electron chi connectivity index (χ2n) is 5.10. The third-order valence-electron chi connectivity index (χ3n) is 3.16. The van der Waals surface area contributed by atoms with Gasteiger partial charge in [0.2, 0.25) is 5.78 Å². The van der Waals surface area contributed by atoms with Crippen molar-refractivity contribution in [3.8, 4) is 0 Å². The minimum Gasteiger partial charge on any atom is -0.454 e. The number of carbonyl (C=O) groups excluding carboxylic acids is 3. The van der Waals surface area contributed by atoms with Crippen molar-refractivity contribution < 1.29 is 19.1 Å². The number of ketones is 1. The van der Waals surface area contributed by atoms with Crippen molar-refractivity contribution in [3.63, 3.8) is 0 Å². The van der Waals surface area contributed by atoms with Crippen molar-refractivity contribution in [2.75, 3.05) is 6.54 Å². The normalized spacial score (nSPS) is 11.6. The summed E-state index contributed by atoms with van der Waals surface area (Å²) < 4.78 is 5.13. The van der Waals surface area contributed by atoms with E-state index in [1.807, 2.05) is 0 Å². The molecule has 1 aromatic carbocycles. The number of nitrogens with one attached hydrogen (secondary N) is 1. The van der Waals surface area contributed by atoms with Gasteiger partial charge in [0.15, 0.2) is 6.10 Å². The van der Waals surface area contributed by atoms with Gasteiger partial charge in [-0.3, -0.25) is 9.59 Å². The van der Waals surface area contributed by atoms with Gasteiger partial charge in [0.1, 0.15) is 0 Å². The maximum atomic E-state index is 12.1. The zero-order valence-electron chi connectivity index (χ0n) is 13.0. The van der Waals surface area contributed by atoms with E-state index >= 15 is 0 Å². The van der Waals surface area contributed by atoms with Gasteiger partial charge < -0.3 is 15.8 Å². The fourth-order valence-electron chi connectivity index (χ4n) is 1.94. The monoisotopic (exact) mass is 340 g/mol. The Bertz CT molecular complexity index is 546. The zero-order valence-corrected chi connectivity index (χ0v) is 13.8. The second-order valence-corrected chi connectivity index (χ2v) is 5.54. The van der Waals surface area contributed by atoms with E-state index in [2.05, 4.69) is 5.32 Å². The number of Topliss-reactive ketones (excluding diaryl/α,β-unsaturated/α-hetero) is 1. The molecule has 6 nitrogen and oxygen atoms in total. The Morgan fingerprint density at radius 2 is 1.83 bits per heavy atom. The molecule has 0 radical (unpaired) electrons. The number of halogens is 1. The molecule has 2 amide bonds. The molecule has 1 atom stereocenters. The quantitative estimate of drug-likeness (QED) is 0.410. The van der Waals surface area contributed by atoms with E-state index in [-0.39, 0.29) is 12.2 Å². The molecule has 0 saturated carbocycles. The minimum absolute atomic E-state index is 0.231. The number of nitrogens with two attached hydrogens (primary N) is 1. The number of amides is 2. The Morgan fingerprint density at radius 1 is 1.17 bits per heavy atom. The first kappa shape index (κ1) is 19.0. The van der Waals surface area contributed by atoms with Gasteiger partial charge in [-0.2, -0.15) is 0 Å². The van der Waals surface area contributed by atoms with Gasteiger partial charge in [0, 0.05) is 23.6 Å². The Labute approximate surface area is 140 Å². The van der Waals surface area contributed by atoms with Crippen LogP contribution in [0.3, 0.4) is 0 Å². The zero-order chi connectivity index (χ0) is 17.2. The summed E-state index contributed by atoms with van der Waals surface area (Å²) >= 11 is 5.76. The molecule has 0 aliphatic carbocycles. The largest absolute Gasteiger partial charge is 0.454 e. The molecule has 1 rings (SSSR count). The van der Waals surface area contributed by atoms with Crippen LogP contribution >= 0.6 is 11.6 Å². The summed E-state index contributed by atoms with van der Waals surface area (Å²) in [5.74, 6) is -0.677. The molecule has 0 aliphatic heterocycles. The van der Waals surface area contributed by atoms with Gasteiger partial charge in [-0.1, -0.05) is 18.0 Å². The molecule has 0 aromatic heterocycles. The van der Waals surface area contributed by atoms with E-state index in [0.29, 0.717) is 23.6 Å². The number of urea groups is 1. The molecule has 126 valence electrons. The first-order valence-corrected chi connectivity index (χ1v) is 7.80. The minimum atomic E-state index is -0.833. The van der Waals surface area contributed by atoms with Gasteiger partial charge in [0.25, 0.3) is 0 Å². The van der Waals surface area contributed by atoms with Crippen LogP contribution in [0.4, 0.5) is 4.79 Å². The molecule has 0 unspecified atom stereocenters. The maximum absolute atomic E-state index is 12.1. The summed E-state index contributed by atoms with van der Waals surface area (Å²) in [5.41, 5.74) is 5.38. The number of primary amides is 1. The predicted molar refractivity (Wildman–Crippen MR) is 87.4 cm³/mol. The van der Waals surface area contributed by atoms with Crippen molar-refractivity contribution in [3.05, 3.63) is 34.9 Å². The molecule has 0 saturated heterocycles. The van der Waals surface area contributed by atoms with Gasteiger partial charge in [-0.05, 0) is 44.0 Å². The number of carbonyl (C=O) groups is 3. The molecule has 7 heteroatoms. The first-order valence-electron chi connectivity index (χ1n) is 7.42. The van der Waals surface area contributed by atoms with Gasteiger partial charge in [-0.15, -0.1) is 0 Å². The topological polar surface area (TPSA) is 98.5 Å². The Kier molecular flexibility index (Phi) is 8.11. The molecular formula is C16H21ClN2O4. The summed E-state index contributed by atoms with van der Waals surface area (Å²) in [4.78, 5) is 34.3. The fourth-order valence-corrected chi connectivity index (χ4v) is 2.07. The Balaban J connectivity index is 2.26. The van der Waals surface area contributed by atoms with Crippen LogP contribution in [0.1, 0.15) is 43.0 Å². The number of hydrogen-bond acceptors (Lipinski definition) is 4. The summed E-state index contributed by atoms with van der Waals surface area (Å²) in [6.45, 7) is 2.03. The van der Waals surface area contributed by atoms with Crippen molar-refractivity contribution in [1.29, 1.82) is 0 Å². The van der Waals surface area contributed by atoms with E-state index in [0.717, 1.165) is 12.8 Å². The molecule has 0 bridgehead atoms. The van der Waals surface area contributed by atoms with Crippen molar-refractivity contribution >= 4 is 29.4 Å². The number of benzene rings is 1. The molecule has 0 fully saturated rings. The lowest BCUT2D eigenvalue weighted by Gasteiger charge is -2.12. The van der Waals surface area contributed by atoms with E-state index in [4.69, 9.17) is 22.1 Å². The highest BCUT2D eigenvalue weighted by molar-refractivity contribution is 6.30. The van der Waals surface area contributed by atoms with E-state index in [1.54, 1.807) is 31.2 Å². The molecule has 0 spiro atoms. The standard InChI is InChI=1S/C16H21ClN2O4/c1-11(15(21)12-6-8-13(17)9-7-12)23-14(20)5-3-2-4-10-19-16(18)22/h6-9,11H,2-5,10H2,1H3,(H3,18,19,22)/t11-/m1/s1. The summed E-state index contributed by atoms with van der Waals surface area (Å²) in [7, 11) is 0. The first-order chi connectivity index (χ1) is 10.9. The highest BCUT2D eigenvalue weighted by Crippen LogP contribution is 2.13. The molecule has 0 aliphatic rings. The van der Waals surface area contributed by atoms with Crippen molar-refractivity contribution in [1.82, 2.24) is 5.32 Å². The van der Waals surface area contributed by atoms with Crippen LogP contribution in [-0.4, -0.2) is 30.4 Å². The number of unbranched alkanes of at least 4 members (excludes halogenated alkanes) is 2. The predicted octanol–water partition coefficient (Wildman–Crippen LogP) is 2.68. The SMILES string of the molecule is C[C@@H](OC(=O)CCCCCNC(N)=O)C(=O)c1ccc(Cl)cc1. The molecule has 0 heterocycles. The molecule has 23 heavy (non-hydrogen) atoms. The van der Waals surface area contributed by atoms with E-state index in [9.17, 15) is 14.4 Å². The average molecular weight is 341 g/mol. The molecular weight excluding hydrogens is 320 g/mol. The van der Waals surface area contributed by atoms with Gasteiger partial charge in [0.05, 0.1) is 0 Å². The Hall–Kier alpha value is -2.08. The highest BCUT2D eigenvalue weighted by atomic mass is 35.5. The lowest BCUT2D eigenvalue weighted by Crippen LogP contribution is -2.30. The van der Waals surface area contributed by atoms with Crippen molar-refractivity contribution in [2.24, 2.45) is 5.73 Å². The Morgan fingerprint density at radius 3 is 2.43 bits per heavy atom. The molecule has 3 N–H and O–H groups in total. The number of ether oxygens (including phenoxy) is 1. The summed E-state index contributed by atoms with van der Waals surface area (Å²) in [5, 5.41) is 3.01. The smallest absolute Gasteiger partial charge is 0.312 e. The van der Waals surface area contributed by atoms with Gasteiger partial charge in [-0.25, -0.2) is 4.79 Å². The molecule has 1 aromatic rings. The lowest BCUT2D eigenvalue weighted by molar-refractivity contribution is -0.146. The van der Waals surface area contributed by atoms with Crippen molar-refractivity contribution in [2.45, 2.75) is 38.7 Å². The average Bonchev–Trinajstić information content (AvgIpc) is 2.50. The van der Waals surface area contributed by atoms with Crippen LogP contribution in [0.25, 0.3) is 0 Å². The number of esters is 1. The summed E-state index contributed by atoms with van der Waals surface area (Å²) in [6.07, 6.45) is 1.51. The number of hydrogen-bond donors (Lipinski definition) is 2. The van der Waals surface area contributed by atoms with E-state index < -0.39 is 18.1 Å². The van der Waals surface area contributed by atoms with Crippen LogP contribution in [0.5, 0.6) is 0 Å². The fraction of sp³-hybridized carbons (Fsp3) is 0.438. The van der Waals surface area contributed by atoms with Gasteiger partial charge >= 0.3 is 12.0 Å². The van der Waals surface area contributed by atoms with Crippen LogP contribution < -0.4 is 11.1 Å². The third-order valence-corrected chi connectivity index (χ3v) is 3.42. The van der Waals surface area contributed by atoms with Crippen LogP contribution in [-0.2, 0) is 9.53 Å². The van der Waals surface area contributed by atoms with E-state index in [1.165, 1.54) is 0 Å².